The summed E-state index contributed by atoms with van der Waals surface area (Å²) in [6.45, 7) is 9.50. The molecule has 70 valence electrons. The van der Waals surface area contributed by atoms with Crippen molar-refractivity contribution in [3.63, 3.8) is 0 Å². The van der Waals surface area contributed by atoms with Gasteiger partial charge >= 0.3 is 78.9 Å². The van der Waals surface area contributed by atoms with Crippen molar-refractivity contribution in [3.05, 3.63) is 0 Å². The molecular weight excluding hydrogens is 209 g/mol. The topological polar surface area (TPSA) is 9.23 Å². The van der Waals surface area contributed by atoms with Crippen molar-refractivity contribution in [2.45, 2.75) is 43.5 Å². The third kappa shape index (κ3) is 3.53. The van der Waals surface area contributed by atoms with Gasteiger partial charge in [-0.3, -0.25) is 0 Å². The van der Waals surface area contributed by atoms with Crippen molar-refractivity contribution in [2.24, 2.45) is 0 Å². The van der Waals surface area contributed by atoms with Gasteiger partial charge in [0.15, 0.2) is 0 Å². The van der Waals surface area contributed by atoms with Gasteiger partial charge in [-0.15, -0.1) is 0 Å². The normalized spacial score (nSPS) is 10.3. The standard InChI is InChI=1S/C10H20GeO/c1-5-11(6-2,7-3)9-10-12-8-4/h5-8H2,1-4H3. The van der Waals surface area contributed by atoms with E-state index in [2.05, 4.69) is 31.6 Å². The Hall–Kier alpha value is -0.0971. The van der Waals surface area contributed by atoms with Crippen molar-refractivity contribution in [2.75, 3.05) is 6.61 Å². The molecule has 0 aliphatic carbocycles. The SMILES string of the molecule is CCOC#[C][Ge]([CH2]C)([CH2]C)[CH2]C. The van der Waals surface area contributed by atoms with E-state index in [1.165, 1.54) is 15.8 Å². The van der Waals surface area contributed by atoms with E-state index in [0.29, 0.717) is 6.61 Å². The van der Waals surface area contributed by atoms with Gasteiger partial charge in [0.05, 0.1) is 0 Å². The summed E-state index contributed by atoms with van der Waals surface area (Å²) in [5.41, 5.74) is 0. The van der Waals surface area contributed by atoms with Crippen LogP contribution in [0.2, 0.25) is 15.8 Å². The molecule has 0 aromatic carbocycles. The van der Waals surface area contributed by atoms with Gasteiger partial charge in [0.1, 0.15) is 0 Å². The van der Waals surface area contributed by atoms with Crippen LogP contribution in [0.15, 0.2) is 0 Å². The number of rotatable bonds is 4. The molecule has 0 spiro atoms. The summed E-state index contributed by atoms with van der Waals surface area (Å²) in [7, 11) is 0. The predicted molar refractivity (Wildman–Crippen MR) is 56.6 cm³/mol. The molecule has 0 aliphatic heterocycles. The molecule has 0 saturated heterocycles. The summed E-state index contributed by atoms with van der Waals surface area (Å²) in [6.07, 6.45) is 2.86. The quantitative estimate of drug-likeness (QED) is 0.531. The molecule has 0 atom stereocenters. The molecule has 0 N–H and O–H groups in total. The second-order valence-corrected chi connectivity index (χ2v) is 13.3. The molecule has 12 heavy (non-hydrogen) atoms. The number of ether oxygens (including phenoxy) is 1. The summed E-state index contributed by atoms with van der Waals surface area (Å²) in [6, 6.07) is 0. The summed E-state index contributed by atoms with van der Waals surface area (Å²) in [4.78, 5) is 0. The van der Waals surface area contributed by atoms with Gasteiger partial charge in [0, 0.05) is 0 Å². The van der Waals surface area contributed by atoms with Crippen molar-refractivity contribution in [1.82, 2.24) is 0 Å². The van der Waals surface area contributed by atoms with Gasteiger partial charge < -0.3 is 0 Å². The molecule has 0 heterocycles. The van der Waals surface area contributed by atoms with Gasteiger partial charge in [-0.2, -0.15) is 0 Å². The third-order valence-corrected chi connectivity index (χ3v) is 12.4. The minimum atomic E-state index is -1.74. The van der Waals surface area contributed by atoms with E-state index in [4.69, 9.17) is 4.74 Å². The van der Waals surface area contributed by atoms with Crippen LogP contribution in [-0.2, 0) is 4.74 Å². The maximum absolute atomic E-state index is 5.08. The Labute approximate surface area is 79.2 Å². The molecule has 0 unspecified atom stereocenters. The molecule has 0 aliphatic rings. The first-order valence-electron chi connectivity index (χ1n) is 4.88. The average Bonchev–Trinajstić information content (AvgIpc) is 2.14. The van der Waals surface area contributed by atoms with Crippen LogP contribution in [0.5, 0.6) is 0 Å². The van der Waals surface area contributed by atoms with Crippen LogP contribution in [-0.4, -0.2) is 19.9 Å². The van der Waals surface area contributed by atoms with Crippen LogP contribution in [0.25, 0.3) is 0 Å². The van der Waals surface area contributed by atoms with Crippen molar-refractivity contribution < 1.29 is 4.74 Å². The second kappa shape index (κ2) is 6.42. The van der Waals surface area contributed by atoms with E-state index in [1.807, 2.05) is 6.92 Å². The first kappa shape index (κ1) is 11.9. The Kier molecular flexibility index (Phi) is 6.37. The van der Waals surface area contributed by atoms with E-state index < -0.39 is 13.3 Å². The summed E-state index contributed by atoms with van der Waals surface area (Å²) in [5, 5.41) is 3.90. The Morgan fingerprint density at radius 2 is 1.50 bits per heavy atom. The Morgan fingerprint density at radius 1 is 1.00 bits per heavy atom. The first-order chi connectivity index (χ1) is 5.74. The fourth-order valence-corrected chi connectivity index (χ4v) is 6.10. The van der Waals surface area contributed by atoms with Gasteiger partial charge in [-0.1, -0.05) is 0 Å². The monoisotopic (exact) mass is 230 g/mol. The molecule has 0 aromatic rings. The van der Waals surface area contributed by atoms with Gasteiger partial charge in [0.2, 0.25) is 0 Å². The zero-order valence-corrected chi connectivity index (χ0v) is 10.8. The first-order valence-corrected chi connectivity index (χ1v) is 10.4. The minimum absolute atomic E-state index is 0.711. The molecule has 2 heteroatoms. The van der Waals surface area contributed by atoms with Crippen molar-refractivity contribution in [1.29, 1.82) is 0 Å². The molecule has 0 aromatic heterocycles. The van der Waals surface area contributed by atoms with Gasteiger partial charge in [0.25, 0.3) is 0 Å². The van der Waals surface area contributed by atoms with E-state index in [-0.39, 0.29) is 0 Å². The molecule has 0 rings (SSSR count). The van der Waals surface area contributed by atoms with E-state index in [9.17, 15) is 0 Å². The van der Waals surface area contributed by atoms with Crippen LogP contribution in [0, 0.1) is 10.9 Å². The molecule has 0 radical (unpaired) electrons. The fourth-order valence-electron chi connectivity index (χ4n) is 1.23. The molecule has 0 saturated carbocycles. The molecule has 0 amide bonds. The van der Waals surface area contributed by atoms with E-state index in [0.717, 1.165) is 0 Å². The number of hydrogen-bond acceptors (Lipinski definition) is 1. The zero-order valence-electron chi connectivity index (χ0n) is 8.74. The zero-order chi connectivity index (χ0) is 9.45. The Bertz CT molecular complexity index is 154. The summed E-state index contributed by atoms with van der Waals surface area (Å²) >= 11 is -1.74. The second-order valence-electron chi connectivity index (χ2n) is 3.00. The molecule has 1 nitrogen and oxygen atoms in total. The third-order valence-electron chi connectivity index (χ3n) is 2.56. The Balaban J connectivity index is 4.22. The maximum atomic E-state index is 5.08. The van der Waals surface area contributed by atoms with Crippen molar-refractivity contribution in [3.8, 4) is 10.9 Å². The Morgan fingerprint density at radius 3 is 1.83 bits per heavy atom. The number of hydrogen-bond donors (Lipinski definition) is 0. The van der Waals surface area contributed by atoms with Crippen LogP contribution in [0.4, 0.5) is 0 Å². The summed E-state index contributed by atoms with van der Waals surface area (Å²) in [5.74, 6) is 0. The van der Waals surface area contributed by atoms with Crippen LogP contribution < -0.4 is 0 Å². The fraction of sp³-hybridized carbons (Fsp3) is 0.800. The van der Waals surface area contributed by atoms with Crippen LogP contribution >= 0.6 is 0 Å². The predicted octanol–water partition coefficient (Wildman–Crippen LogP) is 3.03. The van der Waals surface area contributed by atoms with Crippen LogP contribution in [0.3, 0.4) is 0 Å². The summed E-state index contributed by atoms with van der Waals surface area (Å²) < 4.78 is 8.48. The van der Waals surface area contributed by atoms with Crippen LogP contribution in [0.1, 0.15) is 27.7 Å². The van der Waals surface area contributed by atoms with E-state index in [1.54, 1.807) is 0 Å². The average molecular weight is 229 g/mol. The molecular formula is C10H20GeO. The van der Waals surface area contributed by atoms with Gasteiger partial charge in [-0.05, 0) is 0 Å². The van der Waals surface area contributed by atoms with Gasteiger partial charge in [-0.25, -0.2) is 0 Å². The molecule has 0 bridgehead atoms. The molecule has 0 fully saturated rings. The van der Waals surface area contributed by atoms with Crippen molar-refractivity contribution >= 4 is 13.3 Å². The van der Waals surface area contributed by atoms with E-state index >= 15 is 0 Å².